The SMILES string of the molecule is C=C(C)[C@@H]1C[C@@H](c2ccc(Cl)cc2)[C@@H](C(C)C)O[C@H]1c1cc(OC)ccc1OCC(=O)O. The van der Waals surface area contributed by atoms with Gasteiger partial charge in [-0.25, -0.2) is 4.79 Å². The van der Waals surface area contributed by atoms with E-state index in [2.05, 4.69) is 32.6 Å². The van der Waals surface area contributed by atoms with Crippen molar-refractivity contribution in [3.05, 3.63) is 70.8 Å². The molecule has 6 heteroatoms. The summed E-state index contributed by atoms with van der Waals surface area (Å²) in [4.78, 5) is 11.1. The maximum absolute atomic E-state index is 11.1. The van der Waals surface area contributed by atoms with Crippen LogP contribution in [0.5, 0.6) is 11.5 Å². The summed E-state index contributed by atoms with van der Waals surface area (Å²) < 4.78 is 17.8. The Morgan fingerprint density at radius 3 is 2.50 bits per heavy atom. The van der Waals surface area contributed by atoms with E-state index in [9.17, 15) is 4.79 Å². The van der Waals surface area contributed by atoms with Crippen molar-refractivity contribution >= 4 is 17.6 Å². The third kappa shape index (κ3) is 5.45. The lowest BCUT2D eigenvalue weighted by Gasteiger charge is -2.44. The van der Waals surface area contributed by atoms with Gasteiger partial charge in [0.2, 0.25) is 0 Å². The maximum atomic E-state index is 11.1. The van der Waals surface area contributed by atoms with Crippen molar-refractivity contribution in [2.75, 3.05) is 13.7 Å². The lowest BCUT2D eigenvalue weighted by molar-refractivity contribution is -0.139. The second-order valence-electron chi connectivity index (χ2n) is 8.70. The molecule has 2 aromatic carbocycles. The number of methoxy groups -OCH3 is 1. The number of aliphatic carboxylic acids is 1. The van der Waals surface area contributed by atoms with E-state index in [4.69, 9.17) is 30.9 Å². The molecule has 1 fully saturated rings. The Bertz CT molecular complexity index is 953. The van der Waals surface area contributed by atoms with E-state index in [1.807, 2.05) is 25.1 Å². The van der Waals surface area contributed by atoms with Gasteiger partial charge in [-0.05, 0) is 55.2 Å². The van der Waals surface area contributed by atoms with E-state index in [1.165, 1.54) is 5.56 Å². The molecule has 0 unspecified atom stereocenters. The van der Waals surface area contributed by atoms with Gasteiger partial charge < -0.3 is 19.3 Å². The van der Waals surface area contributed by atoms with Crippen LogP contribution in [-0.4, -0.2) is 30.9 Å². The lowest BCUT2D eigenvalue weighted by atomic mass is 9.73. The van der Waals surface area contributed by atoms with Gasteiger partial charge in [0.1, 0.15) is 11.5 Å². The second kappa shape index (κ2) is 10.4. The topological polar surface area (TPSA) is 65.0 Å². The molecule has 3 rings (SSSR count). The van der Waals surface area contributed by atoms with Crippen molar-refractivity contribution < 1.29 is 24.1 Å². The van der Waals surface area contributed by atoms with Crippen LogP contribution in [0.25, 0.3) is 0 Å². The lowest BCUT2D eigenvalue weighted by Crippen LogP contribution is -2.39. The van der Waals surface area contributed by atoms with Gasteiger partial charge in [0, 0.05) is 22.4 Å². The predicted molar refractivity (Wildman–Crippen MR) is 126 cm³/mol. The monoisotopic (exact) mass is 458 g/mol. The van der Waals surface area contributed by atoms with E-state index in [0.29, 0.717) is 16.5 Å². The molecule has 0 saturated carbocycles. The molecule has 1 saturated heterocycles. The van der Waals surface area contributed by atoms with Gasteiger partial charge in [-0.1, -0.05) is 49.7 Å². The molecule has 1 aliphatic rings. The Kier molecular flexibility index (Phi) is 7.86. The number of carboxylic acid groups (broad SMARTS) is 1. The standard InChI is InChI=1S/C26H31ClO5/c1-15(2)20-13-21(17-6-8-18(27)9-7-17)25(16(3)4)32-26(20)22-12-19(30-5)10-11-23(22)31-14-24(28)29/h6-12,16,20-21,25-26H,1,13-14H2,2-5H3,(H,28,29)/t20-,21-,25+,26+/m0/s1. The fourth-order valence-corrected chi connectivity index (χ4v) is 4.57. The highest BCUT2D eigenvalue weighted by molar-refractivity contribution is 6.30. The number of hydrogen-bond acceptors (Lipinski definition) is 4. The Morgan fingerprint density at radius 1 is 1.25 bits per heavy atom. The van der Waals surface area contributed by atoms with Crippen LogP contribution in [0.3, 0.4) is 0 Å². The molecule has 172 valence electrons. The fraction of sp³-hybridized carbons (Fsp3) is 0.423. The molecule has 0 spiro atoms. The molecule has 1 N–H and O–H groups in total. The van der Waals surface area contributed by atoms with Gasteiger partial charge >= 0.3 is 5.97 Å². The van der Waals surface area contributed by atoms with E-state index in [-0.39, 0.29) is 30.0 Å². The minimum Gasteiger partial charge on any atom is -0.497 e. The number of ether oxygens (including phenoxy) is 3. The molecule has 0 radical (unpaired) electrons. The first-order chi connectivity index (χ1) is 15.2. The van der Waals surface area contributed by atoms with Gasteiger partial charge in [-0.3, -0.25) is 0 Å². The van der Waals surface area contributed by atoms with Crippen molar-refractivity contribution in [3.8, 4) is 11.5 Å². The highest BCUT2D eigenvalue weighted by Crippen LogP contribution is 2.50. The molecule has 1 aliphatic heterocycles. The Hall–Kier alpha value is -2.50. The third-order valence-corrected chi connectivity index (χ3v) is 6.29. The number of rotatable bonds is 8. The van der Waals surface area contributed by atoms with E-state index < -0.39 is 12.6 Å². The first kappa shape index (κ1) is 24.1. The average molecular weight is 459 g/mol. The van der Waals surface area contributed by atoms with Gasteiger partial charge in [0.25, 0.3) is 0 Å². The molecule has 0 bridgehead atoms. The highest BCUT2D eigenvalue weighted by Gasteiger charge is 2.42. The van der Waals surface area contributed by atoms with Crippen LogP contribution < -0.4 is 9.47 Å². The number of benzene rings is 2. The van der Waals surface area contributed by atoms with Crippen LogP contribution in [0.15, 0.2) is 54.6 Å². The minimum absolute atomic E-state index is 0.0185. The first-order valence-corrected chi connectivity index (χ1v) is 11.2. The van der Waals surface area contributed by atoms with Crippen LogP contribution in [0, 0.1) is 11.8 Å². The molecule has 0 amide bonds. The molecular weight excluding hydrogens is 428 g/mol. The van der Waals surface area contributed by atoms with Gasteiger partial charge in [0.05, 0.1) is 19.3 Å². The molecule has 5 nitrogen and oxygen atoms in total. The molecule has 4 atom stereocenters. The molecule has 1 heterocycles. The van der Waals surface area contributed by atoms with Crippen LogP contribution in [-0.2, 0) is 9.53 Å². The Balaban J connectivity index is 2.03. The van der Waals surface area contributed by atoms with Crippen LogP contribution in [0.4, 0.5) is 0 Å². The summed E-state index contributed by atoms with van der Waals surface area (Å²) in [5.41, 5.74) is 2.97. The summed E-state index contributed by atoms with van der Waals surface area (Å²) in [6, 6.07) is 13.3. The molecule has 0 aromatic heterocycles. The molecule has 32 heavy (non-hydrogen) atoms. The number of halogens is 1. The number of carbonyl (C=O) groups is 1. The highest BCUT2D eigenvalue weighted by atomic mass is 35.5. The van der Waals surface area contributed by atoms with Crippen molar-refractivity contribution in [3.63, 3.8) is 0 Å². The summed E-state index contributed by atoms with van der Waals surface area (Å²) in [6.45, 7) is 10.1. The zero-order chi connectivity index (χ0) is 23.4. The quantitative estimate of drug-likeness (QED) is 0.472. The summed E-state index contributed by atoms with van der Waals surface area (Å²) in [5, 5.41) is 9.81. The smallest absolute Gasteiger partial charge is 0.341 e. The summed E-state index contributed by atoms with van der Waals surface area (Å²) >= 11 is 6.12. The number of hydrogen-bond donors (Lipinski definition) is 1. The normalized spacial score (nSPS) is 23.1. The first-order valence-electron chi connectivity index (χ1n) is 10.8. The zero-order valence-corrected chi connectivity index (χ0v) is 19.8. The number of carboxylic acids is 1. The maximum Gasteiger partial charge on any atom is 0.341 e. The predicted octanol–water partition coefficient (Wildman–Crippen LogP) is 6.27. The van der Waals surface area contributed by atoms with Crippen LogP contribution >= 0.6 is 11.6 Å². The van der Waals surface area contributed by atoms with Crippen LogP contribution in [0.2, 0.25) is 5.02 Å². The molecule has 0 aliphatic carbocycles. The van der Waals surface area contributed by atoms with E-state index >= 15 is 0 Å². The van der Waals surface area contributed by atoms with Gasteiger partial charge in [-0.15, -0.1) is 0 Å². The van der Waals surface area contributed by atoms with Crippen molar-refractivity contribution in [1.82, 2.24) is 0 Å². The van der Waals surface area contributed by atoms with Crippen molar-refractivity contribution in [2.24, 2.45) is 11.8 Å². The third-order valence-electron chi connectivity index (χ3n) is 6.04. The Labute approximate surface area is 195 Å². The Morgan fingerprint density at radius 2 is 1.94 bits per heavy atom. The largest absolute Gasteiger partial charge is 0.497 e. The van der Waals surface area contributed by atoms with Crippen molar-refractivity contribution in [2.45, 2.75) is 45.3 Å². The van der Waals surface area contributed by atoms with Crippen LogP contribution in [0.1, 0.15) is 50.3 Å². The van der Waals surface area contributed by atoms with E-state index in [1.54, 1.807) is 19.2 Å². The van der Waals surface area contributed by atoms with Gasteiger partial charge in [-0.2, -0.15) is 0 Å². The fourth-order valence-electron chi connectivity index (χ4n) is 4.44. The summed E-state index contributed by atoms with van der Waals surface area (Å²) in [5.74, 6) is 0.572. The van der Waals surface area contributed by atoms with Gasteiger partial charge in [0.15, 0.2) is 6.61 Å². The zero-order valence-electron chi connectivity index (χ0n) is 19.0. The van der Waals surface area contributed by atoms with E-state index in [0.717, 1.165) is 17.6 Å². The average Bonchev–Trinajstić information content (AvgIpc) is 2.77. The molecular formula is C26H31ClO5. The molecule has 2 aromatic rings. The summed E-state index contributed by atoms with van der Waals surface area (Å²) in [6.07, 6.45) is 0.470. The summed E-state index contributed by atoms with van der Waals surface area (Å²) in [7, 11) is 1.60. The minimum atomic E-state index is -1.03. The second-order valence-corrected chi connectivity index (χ2v) is 9.13. The van der Waals surface area contributed by atoms with Crippen molar-refractivity contribution in [1.29, 1.82) is 0 Å².